The highest BCUT2D eigenvalue weighted by atomic mass is 16.5. The highest BCUT2D eigenvalue weighted by molar-refractivity contribution is 5.69. The molecule has 0 spiro atoms. The van der Waals surface area contributed by atoms with Crippen molar-refractivity contribution < 1.29 is 9.53 Å². The third kappa shape index (κ3) is 10.9. The molecule has 2 nitrogen and oxygen atoms in total. The Balaban J connectivity index is 1.04. The summed E-state index contributed by atoms with van der Waals surface area (Å²) < 4.78 is 5.79. The molecule has 278 valence electrons. The zero-order valence-corrected chi connectivity index (χ0v) is 33.2. The van der Waals surface area contributed by atoms with Crippen molar-refractivity contribution >= 4 is 5.97 Å². The van der Waals surface area contributed by atoms with Crippen LogP contribution in [0.3, 0.4) is 0 Å². The van der Waals surface area contributed by atoms with Gasteiger partial charge in [0.05, 0.1) is 6.61 Å². The van der Waals surface area contributed by atoms with E-state index in [0.29, 0.717) is 35.7 Å². The van der Waals surface area contributed by atoms with E-state index in [4.69, 9.17) is 4.74 Å². The molecule has 0 heterocycles. The number of hydrogen-bond acceptors (Lipinski definition) is 2. The maximum Gasteiger partial charge on any atom is 0.305 e. The van der Waals surface area contributed by atoms with Crippen molar-refractivity contribution in [3.8, 4) is 0 Å². The topological polar surface area (TPSA) is 26.3 Å². The van der Waals surface area contributed by atoms with Gasteiger partial charge in [-0.1, -0.05) is 131 Å². The van der Waals surface area contributed by atoms with Crippen molar-refractivity contribution in [1.82, 2.24) is 0 Å². The van der Waals surface area contributed by atoms with Gasteiger partial charge in [0.25, 0.3) is 0 Å². The van der Waals surface area contributed by atoms with Crippen LogP contribution in [0, 0.1) is 58.2 Å². The molecule has 4 aliphatic carbocycles. The molecule has 0 N–H and O–H groups in total. The fourth-order valence-corrected chi connectivity index (χ4v) is 12.1. The first-order valence-electron chi connectivity index (χ1n) is 22.0. The van der Waals surface area contributed by atoms with E-state index in [9.17, 15) is 4.79 Å². The fraction of sp³-hybridized carbons (Fsp3) is 0.935. The lowest BCUT2D eigenvalue weighted by Gasteiger charge is -2.61. The van der Waals surface area contributed by atoms with Crippen molar-refractivity contribution in [2.24, 2.45) is 58.2 Å². The Bertz CT molecular complexity index is 938. The van der Waals surface area contributed by atoms with Crippen LogP contribution in [-0.4, -0.2) is 12.6 Å². The number of ether oxygens (including phenoxy) is 1. The van der Waals surface area contributed by atoms with E-state index in [0.717, 1.165) is 48.3 Å². The molecule has 0 aromatic rings. The largest absolute Gasteiger partial charge is 0.465 e. The van der Waals surface area contributed by atoms with Crippen LogP contribution in [0.5, 0.6) is 0 Å². The molecule has 0 aliphatic heterocycles. The summed E-state index contributed by atoms with van der Waals surface area (Å²) in [4.78, 5) is 12.5. The van der Waals surface area contributed by atoms with E-state index in [1.807, 2.05) is 0 Å². The third-order valence-corrected chi connectivity index (χ3v) is 15.5. The maximum atomic E-state index is 12.5. The normalized spacial score (nSPS) is 33.5. The first-order valence-corrected chi connectivity index (χ1v) is 22.0. The summed E-state index contributed by atoms with van der Waals surface area (Å²) in [7, 11) is 0. The summed E-state index contributed by atoms with van der Waals surface area (Å²) in [5.74, 6) is 6.86. The maximum absolute atomic E-state index is 12.5. The van der Waals surface area contributed by atoms with Crippen LogP contribution in [0.25, 0.3) is 0 Å². The number of unbranched alkanes of at least 4 members (excludes halogenated alkanes) is 11. The summed E-state index contributed by atoms with van der Waals surface area (Å²) in [5, 5.41) is 0. The summed E-state index contributed by atoms with van der Waals surface area (Å²) >= 11 is 0. The van der Waals surface area contributed by atoms with Crippen LogP contribution in [0.15, 0.2) is 12.2 Å². The monoisotopic (exact) mass is 667 g/mol. The van der Waals surface area contributed by atoms with E-state index in [2.05, 4.69) is 53.7 Å². The number of esters is 1. The molecule has 10 atom stereocenters. The highest BCUT2D eigenvalue weighted by Crippen LogP contribution is 2.68. The first kappa shape index (κ1) is 40.0. The number of carbonyl (C=O) groups excluding carboxylic acids is 1. The van der Waals surface area contributed by atoms with Gasteiger partial charge >= 0.3 is 5.97 Å². The van der Waals surface area contributed by atoms with Gasteiger partial charge < -0.3 is 4.74 Å². The van der Waals surface area contributed by atoms with Gasteiger partial charge in [0.2, 0.25) is 0 Å². The Morgan fingerprint density at radius 1 is 0.688 bits per heavy atom. The standard InChI is InChI=1S/C46H82O2/c1-7-8-9-10-11-12-13-14-15-16-17-18-19-20-21-25-44(47)48-35-38(4)36(2)26-27-37(3)41-30-31-42-40-29-28-39-24-22-23-33-45(39,5)43(40)32-34-46(41,42)6/h14-15,36-43H,7-13,16-35H2,1-6H3/t36-,37+,38?,39?,40-,41+,42-,43-,45-,46+/m0/s1. The Kier molecular flexibility index (Phi) is 16.9. The van der Waals surface area contributed by atoms with Gasteiger partial charge in [-0.15, -0.1) is 0 Å². The average Bonchev–Trinajstić information content (AvgIpc) is 3.44. The molecular weight excluding hydrogens is 585 g/mol. The second kappa shape index (κ2) is 20.3. The quantitative estimate of drug-likeness (QED) is 0.0653. The molecule has 0 aromatic heterocycles. The minimum absolute atomic E-state index is 0.0247. The molecule has 0 bridgehead atoms. The summed E-state index contributed by atoms with van der Waals surface area (Å²) in [5.41, 5.74) is 1.23. The predicted molar refractivity (Wildman–Crippen MR) is 207 cm³/mol. The fourth-order valence-electron chi connectivity index (χ4n) is 12.1. The van der Waals surface area contributed by atoms with Gasteiger partial charge in [-0.25, -0.2) is 0 Å². The second-order valence-electron chi connectivity index (χ2n) is 18.7. The van der Waals surface area contributed by atoms with Gasteiger partial charge in [0, 0.05) is 6.42 Å². The molecule has 0 radical (unpaired) electrons. The molecule has 4 rings (SSSR count). The van der Waals surface area contributed by atoms with Crippen LogP contribution >= 0.6 is 0 Å². The molecule has 0 amide bonds. The number of hydrogen-bond donors (Lipinski definition) is 0. The Morgan fingerprint density at radius 2 is 1.35 bits per heavy atom. The van der Waals surface area contributed by atoms with Crippen LogP contribution in [0.2, 0.25) is 0 Å². The predicted octanol–water partition coefficient (Wildman–Crippen LogP) is 14.3. The first-order chi connectivity index (χ1) is 23.2. The lowest BCUT2D eigenvalue weighted by molar-refractivity contribution is -0.145. The smallest absolute Gasteiger partial charge is 0.305 e. The van der Waals surface area contributed by atoms with Gasteiger partial charge in [-0.05, 0) is 142 Å². The van der Waals surface area contributed by atoms with Crippen molar-refractivity contribution in [2.45, 2.75) is 208 Å². The molecule has 4 aliphatic rings. The Labute approximate surface area is 300 Å². The van der Waals surface area contributed by atoms with Crippen molar-refractivity contribution in [3.63, 3.8) is 0 Å². The van der Waals surface area contributed by atoms with Crippen molar-refractivity contribution in [2.75, 3.05) is 6.61 Å². The summed E-state index contributed by atoms with van der Waals surface area (Å²) in [6, 6.07) is 0. The van der Waals surface area contributed by atoms with Crippen molar-refractivity contribution in [1.29, 1.82) is 0 Å². The van der Waals surface area contributed by atoms with Crippen LogP contribution < -0.4 is 0 Å². The molecule has 2 heteroatoms. The van der Waals surface area contributed by atoms with Crippen molar-refractivity contribution in [3.05, 3.63) is 12.2 Å². The van der Waals surface area contributed by atoms with Gasteiger partial charge in [-0.3, -0.25) is 4.79 Å². The van der Waals surface area contributed by atoms with Gasteiger partial charge in [0.15, 0.2) is 0 Å². The van der Waals surface area contributed by atoms with E-state index in [1.54, 1.807) is 0 Å². The highest BCUT2D eigenvalue weighted by Gasteiger charge is 2.60. The molecule has 0 saturated heterocycles. The third-order valence-electron chi connectivity index (χ3n) is 15.5. The molecule has 48 heavy (non-hydrogen) atoms. The molecular formula is C46H82O2. The summed E-state index contributed by atoms with van der Waals surface area (Å²) in [6.07, 6.45) is 39.8. The summed E-state index contributed by atoms with van der Waals surface area (Å²) in [6.45, 7) is 15.7. The number of carbonyl (C=O) groups is 1. The SMILES string of the molecule is CCCCCCCCC=CCCCCCCCC(=O)OCC(C)[C@@H](C)CC[C@@H](C)[C@H]1CC[C@H]2[C@@H]3CCC4CCCC[C@]4(C)[C@H]3CC[C@]12C. The lowest BCUT2D eigenvalue weighted by atomic mass is 9.44. The van der Waals surface area contributed by atoms with E-state index < -0.39 is 0 Å². The van der Waals surface area contributed by atoms with E-state index in [1.165, 1.54) is 148 Å². The Morgan fingerprint density at radius 3 is 2.08 bits per heavy atom. The number of allylic oxidation sites excluding steroid dienone is 2. The number of fused-ring (bicyclic) bond motifs is 5. The second-order valence-corrected chi connectivity index (χ2v) is 18.7. The van der Waals surface area contributed by atoms with Crippen LogP contribution in [0.4, 0.5) is 0 Å². The van der Waals surface area contributed by atoms with E-state index in [-0.39, 0.29) is 5.97 Å². The number of rotatable bonds is 22. The zero-order chi connectivity index (χ0) is 34.4. The minimum Gasteiger partial charge on any atom is -0.465 e. The van der Waals surface area contributed by atoms with Gasteiger partial charge in [-0.2, -0.15) is 0 Å². The van der Waals surface area contributed by atoms with Crippen LogP contribution in [0.1, 0.15) is 208 Å². The molecule has 2 unspecified atom stereocenters. The molecule has 4 fully saturated rings. The Hall–Kier alpha value is -0.790. The minimum atomic E-state index is 0.0247. The van der Waals surface area contributed by atoms with Crippen LogP contribution in [-0.2, 0) is 9.53 Å². The van der Waals surface area contributed by atoms with E-state index >= 15 is 0 Å². The molecule has 0 aromatic carbocycles. The van der Waals surface area contributed by atoms with Gasteiger partial charge in [0.1, 0.15) is 0 Å². The average molecular weight is 667 g/mol. The molecule has 4 saturated carbocycles. The lowest BCUT2D eigenvalue weighted by Crippen LogP contribution is -2.53. The zero-order valence-electron chi connectivity index (χ0n) is 33.2.